The first-order chi connectivity index (χ1) is 31.7. The van der Waals surface area contributed by atoms with Gasteiger partial charge in [0.1, 0.15) is 17.5 Å². The van der Waals surface area contributed by atoms with Crippen molar-refractivity contribution >= 4 is 17.1 Å². The van der Waals surface area contributed by atoms with Crippen LogP contribution in [-0.2, 0) is 23.1 Å². The number of rotatable bonds is 6. The van der Waals surface area contributed by atoms with Crippen LogP contribution in [0.1, 0.15) is 94.9 Å². The number of fused-ring (bicyclic) bond motifs is 5. The Labute approximate surface area is 390 Å². The molecule has 12 rings (SSSR count). The van der Waals surface area contributed by atoms with Gasteiger partial charge >= 0.3 is 5.85 Å². The molecule has 1 spiro atoms. The van der Waals surface area contributed by atoms with Crippen molar-refractivity contribution in [3.05, 3.63) is 197 Å². The van der Waals surface area contributed by atoms with Crippen molar-refractivity contribution in [1.29, 1.82) is 0 Å². The van der Waals surface area contributed by atoms with Gasteiger partial charge in [-0.2, -0.15) is 0 Å². The summed E-state index contributed by atoms with van der Waals surface area (Å²) in [5, 5.41) is 0. The molecule has 0 bridgehead atoms. The second-order valence-electron chi connectivity index (χ2n) is 21.6. The van der Waals surface area contributed by atoms with E-state index in [1.807, 2.05) is 0 Å². The number of benzene rings is 7. The highest BCUT2D eigenvalue weighted by molar-refractivity contribution is 6.03. The van der Waals surface area contributed by atoms with Crippen LogP contribution in [-0.4, -0.2) is 0 Å². The highest BCUT2D eigenvalue weighted by atomic mass is 16.5. The lowest BCUT2D eigenvalue weighted by Crippen LogP contribution is -2.71. The number of aryl methyl sites for hydroxylation is 1. The number of para-hydroxylation sites is 1. The molecular formula is C62H58N3O+. The van der Waals surface area contributed by atoms with E-state index >= 15 is 0 Å². The van der Waals surface area contributed by atoms with Crippen molar-refractivity contribution in [1.82, 2.24) is 0 Å². The van der Waals surface area contributed by atoms with Crippen LogP contribution in [0.25, 0.3) is 55.8 Å². The zero-order valence-electron chi connectivity index (χ0n) is 39.7. The van der Waals surface area contributed by atoms with Crippen molar-refractivity contribution in [3.63, 3.8) is 0 Å². The average molecular weight is 861 g/mol. The second kappa shape index (κ2) is 14.3. The Morgan fingerprint density at radius 1 is 0.591 bits per heavy atom. The molecule has 4 aliphatic heterocycles. The van der Waals surface area contributed by atoms with Crippen LogP contribution in [0.5, 0.6) is 5.75 Å². The number of nitrogens with zero attached hydrogens (tertiary/aromatic N) is 3. The molecule has 5 heterocycles. The van der Waals surface area contributed by atoms with Gasteiger partial charge in [0.25, 0.3) is 0 Å². The van der Waals surface area contributed by atoms with Gasteiger partial charge in [-0.25, -0.2) is 4.90 Å². The van der Waals surface area contributed by atoms with E-state index < -0.39 is 5.85 Å². The molecule has 0 saturated heterocycles. The van der Waals surface area contributed by atoms with Gasteiger partial charge in [-0.3, -0.25) is 0 Å². The van der Waals surface area contributed by atoms with Crippen LogP contribution in [0.15, 0.2) is 164 Å². The molecule has 0 fully saturated rings. The molecule has 2 atom stereocenters. The summed E-state index contributed by atoms with van der Waals surface area (Å²) in [6.07, 6.45) is 3.07. The second-order valence-corrected chi connectivity index (χ2v) is 21.6. The Balaban J connectivity index is 1.23. The van der Waals surface area contributed by atoms with Crippen LogP contribution in [0.3, 0.4) is 0 Å². The largest absolute Gasteiger partial charge is 0.432 e. The van der Waals surface area contributed by atoms with Gasteiger partial charge in [-0.05, 0) is 105 Å². The van der Waals surface area contributed by atoms with Gasteiger partial charge in [-0.1, -0.05) is 170 Å². The summed E-state index contributed by atoms with van der Waals surface area (Å²) in [6.45, 7) is 20.9. The van der Waals surface area contributed by atoms with Gasteiger partial charge in [0.05, 0.1) is 22.6 Å². The average Bonchev–Trinajstić information content (AvgIpc) is 3.80. The summed E-state index contributed by atoms with van der Waals surface area (Å²) in [5.74, 6) is 0.458. The third kappa shape index (κ3) is 5.93. The van der Waals surface area contributed by atoms with E-state index in [1.54, 1.807) is 0 Å². The molecule has 66 heavy (non-hydrogen) atoms. The monoisotopic (exact) mass is 860 g/mol. The van der Waals surface area contributed by atoms with E-state index in [2.05, 4.69) is 241 Å². The van der Waals surface area contributed by atoms with E-state index in [4.69, 9.17) is 4.74 Å². The number of hydrogen-bond acceptors (Lipinski definition) is 3. The Bertz CT molecular complexity index is 3260. The van der Waals surface area contributed by atoms with Crippen molar-refractivity contribution in [3.8, 4) is 61.5 Å². The number of pyridine rings is 1. The lowest BCUT2D eigenvalue weighted by molar-refractivity contribution is -0.774. The van der Waals surface area contributed by atoms with E-state index in [0.29, 0.717) is 5.92 Å². The summed E-state index contributed by atoms with van der Waals surface area (Å²) >= 11 is 0. The standard InChI is InChI=1S/C62H58N3O/c1-38(2)31-40-25-28-53(48(32-40)43-19-14-11-15-20-43)64-54-22-16-21-47-49-33-45(41-17-12-10-13-18-41)34-50-55-35-44(42-26-23-39(3)24-27-42)29-30-63(55)62(56(49)50)65(57(47)54)59(64)51-36-46(60(4,5)6)37-52(58(51)66-62)61(7,8)9/h10-30,32-38,59H,31H2,1-9H3/q+1. The smallest absolute Gasteiger partial charge is 0.410 e. The molecule has 7 aromatic carbocycles. The van der Waals surface area contributed by atoms with Crippen molar-refractivity contribution in [2.75, 3.05) is 9.80 Å². The molecule has 0 saturated carbocycles. The highest BCUT2D eigenvalue weighted by Crippen LogP contribution is 2.68. The lowest BCUT2D eigenvalue weighted by Gasteiger charge is -2.49. The van der Waals surface area contributed by atoms with E-state index in [0.717, 1.165) is 17.9 Å². The maximum atomic E-state index is 8.19. The highest BCUT2D eigenvalue weighted by Gasteiger charge is 2.70. The maximum Gasteiger partial charge on any atom is 0.432 e. The van der Waals surface area contributed by atoms with Crippen LogP contribution < -0.4 is 19.1 Å². The summed E-state index contributed by atoms with van der Waals surface area (Å²) in [5.41, 5.74) is 22.8. The van der Waals surface area contributed by atoms with Crippen molar-refractivity contribution < 1.29 is 9.30 Å². The minimum absolute atomic E-state index is 0.101. The van der Waals surface area contributed by atoms with Crippen LogP contribution in [0, 0.1) is 12.8 Å². The Morgan fingerprint density at radius 3 is 1.98 bits per heavy atom. The summed E-state index contributed by atoms with van der Waals surface area (Å²) in [7, 11) is 0. The summed E-state index contributed by atoms with van der Waals surface area (Å²) in [6, 6.07) is 59.6. The number of anilines is 3. The first-order valence-electron chi connectivity index (χ1n) is 23.9. The summed E-state index contributed by atoms with van der Waals surface area (Å²) in [4.78, 5) is 5.34. The molecule has 4 heteroatoms. The van der Waals surface area contributed by atoms with Crippen LogP contribution in [0.4, 0.5) is 17.1 Å². The fourth-order valence-electron chi connectivity index (χ4n) is 11.4. The molecule has 0 amide bonds. The van der Waals surface area contributed by atoms with Gasteiger partial charge in [0.15, 0.2) is 6.20 Å². The molecule has 2 unspecified atom stereocenters. The van der Waals surface area contributed by atoms with Crippen molar-refractivity contribution in [2.45, 2.75) is 91.6 Å². The molecule has 8 aromatic rings. The Kier molecular flexibility index (Phi) is 8.79. The van der Waals surface area contributed by atoms with E-state index in [9.17, 15) is 0 Å². The predicted octanol–water partition coefficient (Wildman–Crippen LogP) is 15.4. The van der Waals surface area contributed by atoms with E-state index in [1.165, 1.54) is 101 Å². The lowest BCUT2D eigenvalue weighted by atomic mass is 9.77. The van der Waals surface area contributed by atoms with Gasteiger partial charge in [0.2, 0.25) is 5.69 Å². The maximum absolute atomic E-state index is 8.19. The first kappa shape index (κ1) is 40.6. The Morgan fingerprint density at radius 2 is 1.29 bits per heavy atom. The first-order valence-corrected chi connectivity index (χ1v) is 23.9. The SMILES string of the molecule is Cc1ccc(-c2cc[n+]3c(c2)-c2cc(-c4ccccc4)cc4c2C32Oc3c(cc(C(C)(C)C)cc3C(C)(C)C)C3N(c5ccc(CC(C)C)cc5-c5ccccc5)c5cccc-4c5N32)cc1. The van der Waals surface area contributed by atoms with Crippen LogP contribution >= 0.6 is 0 Å². The Hall–Kier alpha value is -6.91. The van der Waals surface area contributed by atoms with Crippen molar-refractivity contribution in [2.24, 2.45) is 5.92 Å². The molecular weight excluding hydrogens is 803 g/mol. The minimum Gasteiger partial charge on any atom is -0.410 e. The molecule has 0 N–H and O–H groups in total. The van der Waals surface area contributed by atoms with Crippen LogP contribution in [0.2, 0.25) is 0 Å². The zero-order valence-corrected chi connectivity index (χ0v) is 39.7. The number of hydrogen-bond donors (Lipinski definition) is 0. The van der Waals surface area contributed by atoms with Gasteiger partial charge in [-0.15, -0.1) is 4.57 Å². The molecule has 326 valence electrons. The third-order valence-corrected chi connectivity index (χ3v) is 14.5. The number of aromatic nitrogens is 1. The molecule has 4 nitrogen and oxygen atoms in total. The fraction of sp³-hybridized carbons (Fsp3) is 0.242. The van der Waals surface area contributed by atoms with E-state index in [-0.39, 0.29) is 17.0 Å². The minimum atomic E-state index is -1.05. The molecule has 4 aliphatic rings. The summed E-state index contributed by atoms with van der Waals surface area (Å²) < 4.78 is 10.7. The topological polar surface area (TPSA) is 19.6 Å². The molecule has 0 radical (unpaired) electrons. The quantitative estimate of drug-likeness (QED) is 0.155. The predicted molar refractivity (Wildman–Crippen MR) is 272 cm³/mol. The zero-order chi connectivity index (χ0) is 45.4. The molecule has 1 aromatic heterocycles. The van der Waals surface area contributed by atoms with Gasteiger partial charge in [0, 0.05) is 39.9 Å². The fourth-order valence-corrected chi connectivity index (χ4v) is 11.4. The van der Waals surface area contributed by atoms with Gasteiger partial charge < -0.3 is 9.64 Å². The third-order valence-electron chi connectivity index (χ3n) is 14.5. The normalized spacial score (nSPS) is 17.3. The molecule has 0 aliphatic carbocycles. The number of ether oxygens (including phenoxy) is 1.